The summed E-state index contributed by atoms with van der Waals surface area (Å²) in [5, 5.41) is 0. The molecular formula is C18H26N2. The molecule has 1 aliphatic carbocycles. The summed E-state index contributed by atoms with van der Waals surface area (Å²) in [7, 11) is 0. The van der Waals surface area contributed by atoms with Crippen LogP contribution in [0.2, 0.25) is 0 Å². The third kappa shape index (κ3) is 2.76. The fourth-order valence-corrected chi connectivity index (χ4v) is 3.67. The minimum Gasteiger partial charge on any atom is -0.367 e. The first-order valence-electron chi connectivity index (χ1n) is 7.95. The van der Waals surface area contributed by atoms with E-state index in [4.69, 9.17) is 0 Å². The molecule has 2 nitrogen and oxygen atoms in total. The number of likely N-dealkylation sites (tertiary alicyclic amines) is 2. The van der Waals surface area contributed by atoms with E-state index in [1.807, 2.05) is 6.08 Å². The zero-order chi connectivity index (χ0) is 13.9. The number of hydrogen-bond donors (Lipinski definition) is 0. The van der Waals surface area contributed by atoms with Crippen molar-refractivity contribution in [2.24, 2.45) is 5.92 Å². The number of fused-ring (bicyclic) bond motifs is 1. The number of piperidine rings is 1. The van der Waals surface area contributed by atoms with Crippen LogP contribution in [-0.2, 0) is 0 Å². The molecule has 0 radical (unpaired) electrons. The van der Waals surface area contributed by atoms with E-state index < -0.39 is 0 Å². The average molecular weight is 270 g/mol. The molecule has 2 aliphatic heterocycles. The molecule has 3 aliphatic rings. The summed E-state index contributed by atoms with van der Waals surface area (Å²) in [4.78, 5) is 5.02. The van der Waals surface area contributed by atoms with E-state index in [1.165, 1.54) is 62.2 Å². The van der Waals surface area contributed by atoms with Crippen molar-refractivity contribution in [1.82, 2.24) is 9.80 Å². The lowest BCUT2D eigenvalue weighted by atomic mass is 9.96. The molecule has 0 aromatic heterocycles. The van der Waals surface area contributed by atoms with Gasteiger partial charge < -0.3 is 4.90 Å². The number of allylic oxidation sites excluding steroid dienone is 3. The molecule has 0 bridgehead atoms. The van der Waals surface area contributed by atoms with Crippen molar-refractivity contribution in [3.8, 4) is 0 Å². The van der Waals surface area contributed by atoms with E-state index in [-0.39, 0.29) is 0 Å². The second-order valence-electron chi connectivity index (χ2n) is 6.28. The summed E-state index contributed by atoms with van der Waals surface area (Å²) < 4.78 is 0. The second kappa shape index (κ2) is 6.01. The van der Waals surface area contributed by atoms with Crippen LogP contribution >= 0.6 is 0 Å². The monoisotopic (exact) mass is 270 g/mol. The normalized spacial score (nSPS) is 24.4. The van der Waals surface area contributed by atoms with Crippen LogP contribution in [0.4, 0.5) is 0 Å². The lowest BCUT2D eigenvalue weighted by Gasteiger charge is -2.33. The standard InChI is InChI=1S/C18H26N2/c1-3-10-19-11-8-16(9-12-19)13-20-14-17-6-4-5-7-18(17)15(20)2/h3,6-7,16H,1-2,4-5,8-14H2. The highest BCUT2D eigenvalue weighted by Crippen LogP contribution is 2.35. The number of rotatable bonds is 4. The minimum absolute atomic E-state index is 0.828. The fraction of sp³-hybridized carbons (Fsp3) is 0.556. The van der Waals surface area contributed by atoms with Crippen LogP contribution in [0.15, 0.2) is 48.2 Å². The van der Waals surface area contributed by atoms with Crippen molar-refractivity contribution < 1.29 is 0 Å². The quantitative estimate of drug-likeness (QED) is 0.723. The van der Waals surface area contributed by atoms with Gasteiger partial charge in [0.2, 0.25) is 0 Å². The average Bonchev–Trinajstić information content (AvgIpc) is 2.79. The molecule has 0 aromatic carbocycles. The predicted molar refractivity (Wildman–Crippen MR) is 85.5 cm³/mol. The Balaban J connectivity index is 1.55. The predicted octanol–water partition coefficient (Wildman–Crippen LogP) is 3.36. The van der Waals surface area contributed by atoms with Crippen LogP contribution in [0.25, 0.3) is 0 Å². The van der Waals surface area contributed by atoms with Crippen molar-refractivity contribution in [3.63, 3.8) is 0 Å². The zero-order valence-corrected chi connectivity index (χ0v) is 12.5. The van der Waals surface area contributed by atoms with Crippen LogP contribution in [0, 0.1) is 5.92 Å². The van der Waals surface area contributed by atoms with E-state index in [0.717, 1.165) is 19.0 Å². The van der Waals surface area contributed by atoms with E-state index in [0.29, 0.717) is 0 Å². The Hall–Kier alpha value is -1.28. The van der Waals surface area contributed by atoms with Gasteiger partial charge >= 0.3 is 0 Å². The molecule has 0 unspecified atom stereocenters. The smallest absolute Gasteiger partial charge is 0.0433 e. The highest BCUT2D eigenvalue weighted by Gasteiger charge is 2.29. The molecule has 2 heterocycles. The first-order valence-corrected chi connectivity index (χ1v) is 7.95. The minimum atomic E-state index is 0.828. The van der Waals surface area contributed by atoms with Gasteiger partial charge in [-0.3, -0.25) is 4.90 Å². The van der Waals surface area contributed by atoms with Crippen LogP contribution in [0.3, 0.4) is 0 Å². The van der Waals surface area contributed by atoms with Gasteiger partial charge in [0.1, 0.15) is 0 Å². The second-order valence-corrected chi connectivity index (χ2v) is 6.28. The molecule has 2 heteroatoms. The lowest BCUT2D eigenvalue weighted by molar-refractivity contribution is 0.175. The molecule has 0 amide bonds. The Morgan fingerprint density at radius 2 is 1.95 bits per heavy atom. The molecule has 2 fully saturated rings. The molecule has 108 valence electrons. The maximum absolute atomic E-state index is 4.32. The van der Waals surface area contributed by atoms with Gasteiger partial charge in [-0.05, 0) is 55.8 Å². The summed E-state index contributed by atoms with van der Waals surface area (Å²) in [5.74, 6) is 0.828. The van der Waals surface area contributed by atoms with Crippen LogP contribution in [0.5, 0.6) is 0 Å². The molecule has 0 atom stereocenters. The van der Waals surface area contributed by atoms with Gasteiger partial charge in [0, 0.05) is 25.3 Å². The fourth-order valence-electron chi connectivity index (χ4n) is 3.67. The van der Waals surface area contributed by atoms with Crippen molar-refractivity contribution in [1.29, 1.82) is 0 Å². The van der Waals surface area contributed by atoms with Crippen LogP contribution in [0.1, 0.15) is 25.7 Å². The van der Waals surface area contributed by atoms with E-state index in [1.54, 1.807) is 0 Å². The Bertz CT molecular complexity index is 450. The van der Waals surface area contributed by atoms with Gasteiger partial charge in [-0.2, -0.15) is 0 Å². The van der Waals surface area contributed by atoms with E-state index in [9.17, 15) is 0 Å². The number of nitrogens with zero attached hydrogens (tertiary/aromatic N) is 2. The largest absolute Gasteiger partial charge is 0.367 e. The van der Waals surface area contributed by atoms with Gasteiger partial charge in [-0.25, -0.2) is 0 Å². The molecular weight excluding hydrogens is 244 g/mol. The van der Waals surface area contributed by atoms with Crippen LogP contribution < -0.4 is 0 Å². The van der Waals surface area contributed by atoms with Crippen LogP contribution in [-0.4, -0.2) is 42.5 Å². The third-order valence-electron chi connectivity index (χ3n) is 4.88. The molecule has 20 heavy (non-hydrogen) atoms. The SMILES string of the molecule is C=CCN1CCC(CN2CC3=CCCC=C3C2=C)CC1. The summed E-state index contributed by atoms with van der Waals surface area (Å²) in [6.07, 6.45) is 11.8. The molecule has 0 aromatic rings. The maximum Gasteiger partial charge on any atom is 0.0433 e. The topological polar surface area (TPSA) is 6.48 Å². The van der Waals surface area contributed by atoms with Gasteiger partial charge in [0.15, 0.2) is 0 Å². The molecule has 0 N–H and O–H groups in total. The Morgan fingerprint density at radius 3 is 2.65 bits per heavy atom. The van der Waals surface area contributed by atoms with Crippen molar-refractivity contribution in [3.05, 3.63) is 48.2 Å². The lowest BCUT2D eigenvalue weighted by Crippen LogP contribution is -2.37. The highest BCUT2D eigenvalue weighted by atomic mass is 15.2. The Labute approximate surface area is 123 Å². The summed E-state index contributed by atoms with van der Waals surface area (Å²) in [6.45, 7) is 13.9. The molecule has 3 rings (SSSR count). The van der Waals surface area contributed by atoms with Gasteiger partial charge in [0.05, 0.1) is 0 Å². The maximum atomic E-state index is 4.32. The van der Waals surface area contributed by atoms with Gasteiger partial charge in [-0.1, -0.05) is 24.8 Å². The first kappa shape index (κ1) is 13.7. The summed E-state index contributed by atoms with van der Waals surface area (Å²) in [6, 6.07) is 0. The zero-order valence-electron chi connectivity index (χ0n) is 12.5. The third-order valence-corrected chi connectivity index (χ3v) is 4.88. The van der Waals surface area contributed by atoms with Crippen molar-refractivity contribution in [2.75, 3.05) is 32.7 Å². The highest BCUT2D eigenvalue weighted by molar-refractivity contribution is 5.52. The molecule has 2 saturated heterocycles. The summed E-state index contributed by atoms with van der Waals surface area (Å²) >= 11 is 0. The van der Waals surface area contributed by atoms with Gasteiger partial charge in [0.25, 0.3) is 0 Å². The molecule has 0 saturated carbocycles. The Kier molecular flexibility index (Phi) is 4.11. The Morgan fingerprint density at radius 1 is 1.20 bits per heavy atom. The molecule has 0 spiro atoms. The van der Waals surface area contributed by atoms with Gasteiger partial charge in [-0.15, -0.1) is 6.58 Å². The summed E-state index contributed by atoms with van der Waals surface area (Å²) in [5.41, 5.74) is 4.22. The van der Waals surface area contributed by atoms with Crippen molar-refractivity contribution >= 4 is 0 Å². The van der Waals surface area contributed by atoms with E-state index >= 15 is 0 Å². The number of hydrogen-bond acceptors (Lipinski definition) is 2. The van der Waals surface area contributed by atoms with E-state index in [2.05, 4.69) is 35.1 Å². The van der Waals surface area contributed by atoms with Crippen molar-refractivity contribution in [2.45, 2.75) is 25.7 Å². The first-order chi connectivity index (χ1) is 9.78.